The van der Waals surface area contributed by atoms with Gasteiger partial charge in [-0.1, -0.05) is 41.5 Å². The Hall–Kier alpha value is -0.780. The summed E-state index contributed by atoms with van der Waals surface area (Å²) in [4.78, 5) is 13.1. The Morgan fingerprint density at radius 2 is 1.63 bits per heavy atom. The van der Waals surface area contributed by atoms with Crippen molar-refractivity contribution < 1.29 is 42.0 Å². The number of rotatable bonds is 7. The highest BCUT2D eigenvalue weighted by molar-refractivity contribution is 7.80. The fourth-order valence-electron chi connectivity index (χ4n) is 9.21. The highest BCUT2D eigenvalue weighted by atomic mass is 32.3. The maximum atomic E-state index is 13.1. The van der Waals surface area contributed by atoms with E-state index in [2.05, 4.69) is 13.8 Å². The van der Waals surface area contributed by atoms with Crippen molar-refractivity contribution in [1.82, 2.24) is 0 Å². The van der Waals surface area contributed by atoms with Gasteiger partial charge in [-0.15, -0.1) is 0 Å². The van der Waals surface area contributed by atoms with Gasteiger partial charge in [0.2, 0.25) is 0 Å². The average molecular weight is 561 g/mol. The smallest absolute Gasteiger partial charge is 0.397 e. The van der Waals surface area contributed by atoms with Gasteiger partial charge in [0.25, 0.3) is 0 Å². The first-order valence-electron chi connectivity index (χ1n) is 14.4. The lowest BCUT2D eigenvalue weighted by atomic mass is 9.48. The van der Waals surface area contributed by atoms with E-state index < -0.39 is 46.1 Å². The zero-order valence-corrected chi connectivity index (χ0v) is 24.4. The SMILES string of the molecule is CC(C)[C@H](C)[C@@H](O)[C@H](OS(=O)(=O)O)[C@@H](C)C1CC[C@H]2C3COC(=O)[C@H]4C[C@H](O)[C@H](O)C[C@]4(C)C3CC[C@]12C. The van der Waals surface area contributed by atoms with Gasteiger partial charge in [0.1, 0.15) is 6.10 Å². The van der Waals surface area contributed by atoms with E-state index in [1.165, 1.54) is 0 Å². The monoisotopic (exact) mass is 560 g/mol. The van der Waals surface area contributed by atoms with E-state index in [0.29, 0.717) is 13.0 Å². The van der Waals surface area contributed by atoms with Crippen LogP contribution in [0.4, 0.5) is 0 Å². The van der Waals surface area contributed by atoms with E-state index in [-0.39, 0.29) is 59.2 Å². The van der Waals surface area contributed by atoms with Crippen molar-refractivity contribution in [2.75, 3.05) is 6.61 Å². The molecule has 0 radical (unpaired) electrons. The summed E-state index contributed by atoms with van der Waals surface area (Å²) in [5.74, 6) is -0.730. The lowest BCUT2D eigenvalue weighted by molar-refractivity contribution is -0.162. The predicted octanol–water partition coefficient (Wildman–Crippen LogP) is 3.22. The molecule has 3 unspecified atom stereocenters. The number of carbonyl (C=O) groups excluding carboxylic acids is 1. The maximum Gasteiger partial charge on any atom is 0.397 e. The Balaban J connectivity index is 1.63. The summed E-state index contributed by atoms with van der Waals surface area (Å²) in [5, 5.41) is 32.1. The largest absolute Gasteiger partial charge is 0.465 e. The van der Waals surface area contributed by atoms with Crippen LogP contribution in [0.3, 0.4) is 0 Å². The normalized spacial score (nSPS) is 44.7. The molecule has 220 valence electrons. The number of hydrogen-bond donors (Lipinski definition) is 4. The molecule has 13 atom stereocenters. The quantitative estimate of drug-likeness (QED) is 0.272. The summed E-state index contributed by atoms with van der Waals surface area (Å²) in [6.07, 6.45) is 0.0182. The second kappa shape index (κ2) is 10.6. The van der Waals surface area contributed by atoms with Gasteiger partial charge in [-0.2, -0.15) is 8.42 Å². The highest BCUT2D eigenvalue weighted by Gasteiger charge is 2.63. The van der Waals surface area contributed by atoms with Crippen molar-refractivity contribution in [3.05, 3.63) is 0 Å². The lowest BCUT2D eigenvalue weighted by Crippen LogP contribution is -2.55. The predicted molar refractivity (Wildman–Crippen MR) is 140 cm³/mol. The van der Waals surface area contributed by atoms with Gasteiger partial charge in [-0.3, -0.25) is 9.35 Å². The average Bonchev–Trinajstić information content (AvgIpc) is 3.13. The standard InChI is InChI=1S/C28H48O9S/c1-14(2)15(3)24(31)25(37-38(33,34)35)16(4)18-7-8-19-17-13-36-26(32)21-11-22(29)23(30)12-28(21,6)20(17)9-10-27(18,19)5/h14-25,29-31H,7-13H2,1-6H3,(H,33,34,35)/t15-,16-,17?,18?,19-,20?,21+,22-,23+,24+,25+,27+,28+/m0/s1. The summed E-state index contributed by atoms with van der Waals surface area (Å²) < 4.78 is 44.3. The molecule has 1 aliphatic heterocycles. The van der Waals surface area contributed by atoms with Crippen LogP contribution >= 0.6 is 0 Å². The fraction of sp³-hybridized carbons (Fsp3) is 0.964. The van der Waals surface area contributed by atoms with Crippen molar-refractivity contribution in [2.24, 2.45) is 58.2 Å². The fourth-order valence-corrected chi connectivity index (χ4v) is 9.78. The molecule has 4 rings (SSSR count). The zero-order chi connectivity index (χ0) is 28.4. The van der Waals surface area contributed by atoms with Crippen molar-refractivity contribution in [2.45, 2.75) is 104 Å². The molecular weight excluding hydrogens is 512 g/mol. The summed E-state index contributed by atoms with van der Waals surface area (Å²) >= 11 is 0. The van der Waals surface area contributed by atoms with Crippen LogP contribution in [0.5, 0.6) is 0 Å². The van der Waals surface area contributed by atoms with E-state index in [1.54, 1.807) is 0 Å². The van der Waals surface area contributed by atoms with Gasteiger partial charge in [0.05, 0.1) is 30.8 Å². The molecule has 3 saturated carbocycles. The number of fused-ring (bicyclic) bond motifs is 5. The van der Waals surface area contributed by atoms with Crippen molar-refractivity contribution in [3.63, 3.8) is 0 Å². The molecule has 4 aliphatic rings. The van der Waals surface area contributed by atoms with Crippen molar-refractivity contribution in [3.8, 4) is 0 Å². The minimum atomic E-state index is -4.77. The molecule has 4 fully saturated rings. The van der Waals surface area contributed by atoms with Gasteiger partial charge in [-0.05, 0) is 90.8 Å². The van der Waals surface area contributed by atoms with E-state index in [1.807, 2.05) is 27.7 Å². The Kier molecular flexibility index (Phi) is 8.39. The Morgan fingerprint density at radius 3 is 2.24 bits per heavy atom. The minimum Gasteiger partial charge on any atom is -0.465 e. The number of hydrogen-bond acceptors (Lipinski definition) is 8. The molecule has 4 N–H and O–H groups in total. The van der Waals surface area contributed by atoms with Gasteiger partial charge in [-0.25, -0.2) is 4.18 Å². The summed E-state index contributed by atoms with van der Waals surface area (Å²) in [6, 6.07) is 0. The minimum absolute atomic E-state index is 0.0375. The van der Waals surface area contributed by atoms with Crippen molar-refractivity contribution >= 4 is 16.4 Å². The number of cyclic esters (lactones) is 1. The number of carbonyl (C=O) groups is 1. The number of aliphatic hydroxyl groups excluding tert-OH is 3. The van der Waals surface area contributed by atoms with Crippen molar-refractivity contribution in [1.29, 1.82) is 0 Å². The molecular formula is C28H48O9S. The van der Waals surface area contributed by atoms with Gasteiger partial charge < -0.3 is 20.1 Å². The first-order chi connectivity index (χ1) is 17.5. The molecule has 38 heavy (non-hydrogen) atoms. The van der Waals surface area contributed by atoms with Crippen LogP contribution in [0.25, 0.3) is 0 Å². The van der Waals surface area contributed by atoms with Crippen LogP contribution in [-0.2, 0) is 24.1 Å². The summed E-state index contributed by atoms with van der Waals surface area (Å²) in [7, 11) is -4.77. The summed E-state index contributed by atoms with van der Waals surface area (Å²) in [6.45, 7) is 12.3. The third-order valence-electron chi connectivity index (χ3n) is 11.7. The highest BCUT2D eigenvalue weighted by Crippen LogP contribution is 2.66. The Bertz CT molecular complexity index is 985. The molecule has 0 aromatic carbocycles. The van der Waals surface area contributed by atoms with Gasteiger partial charge >= 0.3 is 16.4 Å². The van der Waals surface area contributed by atoms with Crippen LogP contribution in [0.15, 0.2) is 0 Å². The molecule has 0 spiro atoms. The molecule has 3 aliphatic carbocycles. The second-order valence-electron chi connectivity index (χ2n) is 13.8. The molecule has 10 heteroatoms. The van der Waals surface area contributed by atoms with Gasteiger partial charge in [0, 0.05) is 0 Å². The van der Waals surface area contributed by atoms with Gasteiger partial charge in [0.15, 0.2) is 0 Å². The molecule has 9 nitrogen and oxygen atoms in total. The molecule has 0 amide bonds. The molecule has 0 aromatic heterocycles. The Morgan fingerprint density at radius 1 is 1.00 bits per heavy atom. The third kappa shape index (κ3) is 5.18. The Labute approximate surface area is 227 Å². The van der Waals surface area contributed by atoms with Crippen LogP contribution in [0, 0.1) is 58.2 Å². The van der Waals surface area contributed by atoms with E-state index in [4.69, 9.17) is 8.92 Å². The summed E-state index contributed by atoms with van der Waals surface area (Å²) in [5.41, 5.74) is -0.668. The van der Waals surface area contributed by atoms with E-state index in [0.717, 1.165) is 25.7 Å². The van der Waals surface area contributed by atoms with E-state index >= 15 is 0 Å². The second-order valence-corrected chi connectivity index (χ2v) is 14.9. The maximum absolute atomic E-state index is 13.1. The first-order valence-corrected chi connectivity index (χ1v) is 15.7. The topological polar surface area (TPSA) is 151 Å². The third-order valence-corrected chi connectivity index (χ3v) is 12.2. The zero-order valence-electron chi connectivity index (χ0n) is 23.6. The lowest BCUT2D eigenvalue weighted by Gasteiger charge is -2.56. The molecule has 1 saturated heterocycles. The molecule has 0 aromatic rings. The first kappa shape index (κ1) is 30.2. The van der Waals surface area contributed by atoms with Crippen LogP contribution in [0.2, 0.25) is 0 Å². The van der Waals surface area contributed by atoms with Crippen LogP contribution < -0.4 is 0 Å². The number of esters is 1. The van der Waals surface area contributed by atoms with Crippen LogP contribution in [0.1, 0.15) is 80.1 Å². The van der Waals surface area contributed by atoms with E-state index in [9.17, 15) is 33.1 Å². The van der Waals surface area contributed by atoms with Crippen LogP contribution in [-0.4, -0.2) is 65.3 Å². The number of ether oxygens (including phenoxy) is 1. The molecule has 0 bridgehead atoms. The molecule has 1 heterocycles. The number of aliphatic hydroxyl groups is 3.